The van der Waals surface area contributed by atoms with E-state index in [0.717, 1.165) is 0 Å². The summed E-state index contributed by atoms with van der Waals surface area (Å²) in [7, 11) is 0.759. The van der Waals surface area contributed by atoms with Crippen molar-refractivity contribution < 1.29 is 19.5 Å². The molecule has 0 heterocycles. The first-order valence-corrected chi connectivity index (χ1v) is 8.05. The number of rotatable bonds is 0. The maximum atomic E-state index is 2.23. The van der Waals surface area contributed by atoms with Gasteiger partial charge in [-0.1, -0.05) is 0 Å². The molecule has 0 bridgehead atoms. The third kappa shape index (κ3) is 469. The molecule has 0 amide bonds. The summed E-state index contributed by atoms with van der Waals surface area (Å²) < 4.78 is 0. The van der Waals surface area contributed by atoms with Crippen molar-refractivity contribution in [3.8, 4) is 0 Å². The fourth-order valence-electron chi connectivity index (χ4n) is 0. The molecule has 11 heavy (non-hydrogen) atoms. The molecule has 68 valence electrons. The summed E-state index contributed by atoms with van der Waals surface area (Å²) in [6.07, 6.45) is 0. The molecular weight excluding hydrogens is 223 g/mol. The van der Waals surface area contributed by atoms with Crippen LogP contribution in [-0.2, 0) is 19.5 Å². The molecule has 0 fully saturated rings. The first-order valence-electron chi connectivity index (χ1n) is 2.68. The van der Waals surface area contributed by atoms with Crippen LogP contribution in [0.5, 0.6) is 0 Å². The molecular formula is C8H24P2Zn. The van der Waals surface area contributed by atoms with E-state index in [-0.39, 0.29) is 34.3 Å². The predicted molar refractivity (Wildman–Crippen MR) is 62.2 cm³/mol. The molecule has 0 aromatic heterocycles. The van der Waals surface area contributed by atoms with Crippen molar-refractivity contribution in [1.82, 2.24) is 0 Å². The Labute approximate surface area is 90.2 Å². The molecule has 0 radical (unpaired) electrons. The van der Waals surface area contributed by atoms with E-state index in [1.165, 1.54) is 0 Å². The second kappa shape index (κ2) is 22.5. The van der Waals surface area contributed by atoms with Gasteiger partial charge in [0.05, 0.1) is 0 Å². The summed E-state index contributed by atoms with van der Waals surface area (Å²) in [6, 6.07) is 0. The molecule has 0 aliphatic rings. The minimum atomic E-state index is 0. The monoisotopic (exact) mass is 246 g/mol. The van der Waals surface area contributed by atoms with Crippen LogP contribution in [0.25, 0.3) is 0 Å². The van der Waals surface area contributed by atoms with Gasteiger partial charge in [-0.25, -0.2) is 0 Å². The Bertz CT molecular complexity index is 27.6. The van der Waals surface area contributed by atoms with Crippen LogP contribution >= 0.6 is 15.8 Å². The van der Waals surface area contributed by atoms with Gasteiger partial charge in [-0.3, -0.25) is 0 Å². The Balaban J connectivity index is -0.0000000171. The summed E-state index contributed by atoms with van der Waals surface area (Å²) in [5.74, 6) is 0. The topological polar surface area (TPSA) is 0 Å². The molecule has 0 unspecified atom stereocenters. The first-order chi connectivity index (χ1) is 3.46. The van der Waals surface area contributed by atoms with E-state index in [2.05, 4.69) is 40.0 Å². The van der Waals surface area contributed by atoms with Gasteiger partial charge in [-0.2, -0.15) is 0 Å². The Morgan fingerprint density at radius 2 is 0.545 bits per heavy atom. The van der Waals surface area contributed by atoms with E-state index in [4.69, 9.17) is 0 Å². The zero-order chi connectivity index (χ0) is 7.15. The van der Waals surface area contributed by atoms with Crippen molar-refractivity contribution in [2.75, 3.05) is 40.0 Å². The summed E-state index contributed by atoms with van der Waals surface area (Å²) in [5.41, 5.74) is 0. The van der Waals surface area contributed by atoms with Gasteiger partial charge >= 0.3 is 19.5 Å². The summed E-state index contributed by atoms with van der Waals surface area (Å²) in [6.45, 7) is 13.4. The zero-order valence-electron chi connectivity index (χ0n) is 9.60. The summed E-state index contributed by atoms with van der Waals surface area (Å²) >= 11 is 0. The van der Waals surface area contributed by atoms with Gasteiger partial charge in [-0.05, 0) is 40.0 Å². The average Bonchev–Trinajstić information content (AvgIpc) is 1.25. The Hall–Kier alpha value is 1.48. The largest absolute Gasteiger partial charge is 2.00 e. The molecule has 0 spiro atoms. The predicted octanol–water partition coefficient (Wildman–Crippen LogP) is 3.61. The fourth-order valence-corrected chi connectivity index (χ4v) is 0. The molecule has 0 atom stereocenters. The van der Waals surface area contributed by atoms with Crippen molar-refractivity contribution in [3.05, 3.63) is 14.9 Å². The molecule has 0 aromatic rings. The summed E-state index contributed by atoms with van der Waals surface area (Å²) in [5, 5.41) is 0. The van der Waals surface area contributed by atoms with Gasteiger partial charge in [0.15, 0.2) is 0 Å². The summed E-state index contributed by atoms with van der Waals surface area (Å²) in [4.78, 5) is 0. The average molecular weight is 248 g/mol. The van der Waals surface area contributed by atoms with Crippen molar-refractivity contribution in [2.24, 2.45) is 0 Å². The van der Waals surface area contributed by atoms with Crippen LogP contribution < -0.4 is 0 Å². The van der Waals surface area contributed by atoms with Gasteiger partial charge < -0.3 is 14.9 Å². The van der Waals surface area contributed by atoms with Crippen molar-refractivity contribution in [3.63, 3.8) is 0 Å². The first kappa shape index (κ1) is 29.4. The molecule has 3 heteroatoms. The number of hydrogen-bond acceptors (Lipinski definition) is 0. The van der Waals surface area contributed by atoms with E-state index in [1.54, 1.807) is 0 Å². The van der Waals surface area contributed by atoms with Crippen LogP contribution in [0.15, 0.2) is 0 Å². The van der Waals surface area contributed by atoms with Crippen molar-refractivity contribution in [2.45, 2.75) is 0 Å². The van der Waals surface area contributed by atoms with E-state index in [1.807, 2.05) is 0 Å². The molecule has 0 rings (SSSR count). The molecule has 0 nitrogen and oxygen atoms in total. The maximum Gasteiger partial charge on any atom is 2.00 e. The zero-order valence-corrected chi connectivity index (χ0v) is 14.4. The quantitative estimate of drug-likeness (QED) is 0.348. The molecule has 0 aliphatic carbocycles. The minimum Gasteiger partial charge on any atom is -0.358 e. The number of hydrogen-bond donors (Lipinski definition) is 0. The van der Waals surface area contributed by atoms with Crippen LogP contribution in [0.1, 0.15) is 0 Å². The third-order valence-corrected chi connectivity index (χ3v) is 0. The molecule has 0 aliphatic heterocycles. The maximum absolute atomic E-state index is 2.23. The molecule has 0 N–H and O–H groups in total. The second-order valence-electron chi connectivity index (χ2n) is 2.68. The molecule has 0 saturated heterocycles. The third-order valence-electron chi connectivity index (χ3n) is 0. The minimum absolute atomic E-state index is 0. The van der Waals surface area contributed by atoms with Crippen molar-refractivity contribution >= 4 is 15.8 Å². The van der Waals surface area contributed by atoms with E-state index in [9.17, 15) is 0 Å². The van der Waals surface area contributed by atoms with Crippen LogP contribution in [0, 0.1) is 14.9 Å². The van der Waals surface area contributed by atoms with Crippen LogP contribution in [-0.4, -0.2) is 40.0 Å². The molecule has 0 saturated carbocycles. The standard InChI is InChI=1S/2C3H9P.2CH3.Zn/c2*1-4(2)3;;;/h2*1-3H3;2*1H3;/q;;2*-1;+2. The molecule has 0 aromatic carbocycles. The van der Waals surface area contributed by atoms with Crippen molar-refractivity contribution in [1.29, 1.82) is 0 Å². The van der Waals surface area contributed by atoms with Gasteiger partial charge in [0.2, 0.25) is 0 Å². The van der Waals surface area contributed by atoms with Gasteiger partial charge in [0, 0.05) is 0 Å². The van der Waals surface area contributed by atoms with E-state index in [0.29, 0.717) is 15.8 Å². The van der Waals surface area contributed by atoms with E-state index < -0.39 is 0 Å². The Morgan fingerprint density at radius 1 is 0.545 bits per heavy atom. The fraction of sp³-hybridized carbons (Fsp3) is 0.750. The second-order valence-corrected chi connectivity index (χ2v) is 8.05. The smallest absolute Gasteiger partial charge is 0.358 e. The normalized spacial score (nSPS) is 6.55. The van der Waals surface area contributed by atoms with Gasteiger partial charge in [0.25, 0.3) is 0 Å². The van der Waals surface area contributed by atoms with Crippen LogP contribution in [0.4, 0.5) is 0 Å². The SMILES string of the molecule is CP(C)C.CP(C)C.[CH3-].[CH3-].[Zn+2]. The van der Waals surface area contributed by atoms with Gasteiger partial charge in [-0.15, -0.1) is 15.8 Å². The Kier molecular flexibility index (Phi) is 60.2. The van der Waals surface area contributed by atoms with E-state index >= 15 is 0 Å². The Morgan fingerprint density at radius 3 is 0.545 bits per heavy atom. The van der Waals surface area contributed by atoms with Crippen LogP contribution in [0.2, 0.25) is 0 Å². The van der Waals surface area contributed by atoms with Gasteiger partial charge in [0.1, 0.15) is 0 Å². The van der Waals surface area contributed by atoms with Crippen LogP contribution in [0.3, 0.4) is 0 Å².